The van der Waals surface area contributed by atoms with Gasteiger partial charge in [0.2, 0.25) is 0 Å². The third-order valence-corrected chi connectivity index (χ3v) is 2.22. The van der Waals surface area contributed by atoms with Gasteiger partial charge < -0.3 is 0 Å². The number of nitrogens with zero attached hydrogens (tertiary/aromatic N) is 2. The molecule has 0 aliphatic carbocycles. The molecule has 0 atom stereocenters. The fraction of sp³-hybridized carbons (Fsp3) is 0.250. The maximum Gasteiger partial charge on any atom is 0.434 e. The molecule has 0 aliphatic rings. The molecule has 0 amide bonds. The first-order valence-electron chi connectivity index (χ1n) is 3.73. The number of rotatable bonds is 1. The molecule has 0 saturated heterocycles. The predicted molar refractivity (Wildman–Crippen MR) is 46.6 cm³/mol. The third-order valence-electron chi connectivity index (χ3n) is 1.61. The van der Waals surface area contributed by atoms with Crippen LogP contribution in [-0.2, 0) is 6.18 Å². The standard InChI is InChI=1S/C8H2BrF5N2/c9-4-1-3(7(10)11)5(2-15)16-6(4)8(12,13)14/h1,7H. The molecule has 0 aromatic carbocycles. The van der Waals surface area contributed by atoms with Gasteiger partial charge in [0.05, 0.1) is 5.56 Å². The number of nitriles is 1. The van der Waals surface area contributed by atoms with Crippen LogP contribution in [0.15, 0.2) is 10.5 Å². The average Bonchev–Trinajstić information content (AvgIpc) is 2.15. The van der Waals surface area contributed by atoms with E-state index >= 15 is 0 Å². The normalized spacial score (nSPS) is 11.6. The molecular formula is C8H2BrF5N2. The molecule has 1 aromatic rings. The van der Waals surface area contributed by atoms with E-state index in [1.54, 1.807) is 0 Å². The lowest BCUT2D eigenvalue weighted by molar-refractivity contribution is -0.141. The Hall–Kier alpha value is -1.23. The fourth-order valence-electron chi connectivity index (χ4n) is 0.958. The van der Waals surface area contributed by atoms with Crippen molar-refractivity contribution in [3.63, 3.8) is 0 Å². The molecule has 8 heteroatoms. The first-order chi connectivity index (χ1) is 7.27. The van der Waals surface area contributed by atoms with E-state index < -0.39 is 34.0 Å². The average molecular weight is 301 g/mol. The summed E-state index contributed by atoms with van der Waals surface area (Å²) in [6, 6.07) is 1.76. The Kier molecular flexibility index (Phi) is 3.48. The van der Waals surface area contributed by atoms with Gasteiger partial charge in [-0.25, -0.2) is 13.8 Å². The quantitative estimate of drug-likeness (QED) is 0.742. The van der Waals surface area contributed by atoms with E-state index in [9.17, 15) is 22.0 Å². The summed E-state index contributed by atoms with van der Waals surface area (Å²) in [4.78, 5) is 2.87. The Bertz CT molecular complexity index is 449. The molecular weight excluding hydrogens is 299 g/mol. The number of aromatic nitrogens is 1. The molecule has 0 spiro atoms. The molecule has 0 bridgehead atoms. The minimum atomic E-state index is -4.80. The zero-order valence-electron chi connectivity index (χ0n) is 7.32. The van der Waals surface area contributed by atoms with Crippen molar-refractivity contribution in [3.05, 3.63) is 27.5 Å². The first-order valence-corrected chi connectivity index (χ1v) is 4.52. The summed E-state index contributed by atoms with van der Waals surface area (Å²) in [7, 11) is 0. The van der Waals surface area contributed by atoms with Crippen LogP contribution in [0.1, 0.15) is 23.4 Å². The lowest BCUT2D eigenvalue weighted by Crippen LogP contribution is -2.11. The maximum atomic E-state index is 12.3. The zero-order valence-corrected chi connectivity index (χ0v) is 8.90. The van der Waals surface area contributed by atoms with Crippen LogP contribution in [-0.4, -0.2) is 4.98 Å². The van der Waals surface area contributed by atoms with Crippen molar-refractivity contribution >= 4 is 15.9 Å². The molecule has 16 heavy (non-hydrogen) atoms. The van der Waals surface area contributed by atoms with E-state index in [0.29, 0.717) is 6.07 Å². The number of hydrogen-bond acceptors (Lipinski definition) is 2. The molecule has 0 radical (unpaired) electrons. The van der Waals surface area contributed by atoms with Crippen LogP contribution in [0.5, 0.6) is 0 Å². The maximum absolute atomic E-state index is 12.3. The van der Waals surface area contributed by atoms with Crippen molar-refractivity contribution < 1.29 is 22.0 Å². The largest absolute Gasteiger partial charge is 0.434 e. The highest BCUT2D eigenvalue weighted by Crippen LogP contribution is 2.36. The monoisotopic (exact) mass is 300 g/mol. The van der Waals surface area contributed by atoms with Crippen LogP contribution in [0.25, 0.3) is 0 Å². The van der Waals surface area contributed by atoms with Crippen molar-refractivity contribution in [1.82, 2.24) is 4.98 Å². The Morgan fingerprint density at radius 3 is 2.31 bits per heavy atom. The van der Waals surface area contributed by atoms with Crippen molar-refractivity contribution in [2.75, 3.05) is 0 Å². The van der Waals surface area contributed by atoms with Gasteiger partial charge >= 0.3 is 6.18 Å². The SMILES string of the molecule is N#Cc1nc(C(F)(F)F)c(Br)cc1C(F)F. The van der Waals surface area contributed by atoms with Crippen molar-refractivity contribution in [2.45, 2.75) is 12.6 Å². The van der Waals surface area contributed by atoms with Crippen molar-refractivity contribution in [1.29, 1.82) is 5.26 Å². The van der Waals surface area contributed by atoms with Gasteiger partial charge in [-0.2, -0.15) is 18.4 Å². The van der Waals surface area contributed by atoms with Crippen LogP contribution in [0.2, 0.25) is 0 Å². The lowest BCUT2D eigenvalue weighted by Gasteiger charge is -2.10. The Labute approximate surface area is 94.8 Å². The molecule has 0 aliphatic heterocycles. The Morgan fingerprint density at radius 1 is 1.38 bits per heavy atom. The third kappa shape index (κ3) is 2.47. The number of hydrogen-bond donors (Lipinski definition) is 0. The van der Waals surface area contributed by atoms with E-state index in [0.717, 1.165) is 0 Å². The van der Waals surface area contributed by atoms with Gasteiger partial charge in [-0.3, -0.25) is 0 Å². The lowest BCUT2D eigenvalue weighted by atomic mass is 10.2. The van der Waals surface area contributed by atoms with Gasteiger partial charge in [-0.15, -0.1) is 0 Å². The summed E-state index contributed by atoms with van der Waals surface area (Å²) in [6.45, 7) is 0. The number of halogens is 6. The van der Waals surface area contributed by atoms with Crippen molar-refractivity contribution in [3.8, 4) is 6.07 Å². The molecule has 86 valence electrons. The second-order valence-electron chi connectivity index (χ2n) is 2.67. The Balaban J connectivity index is 3.45. The highest BCUT2D eigenvalue weighted by molar-refractivity contribution is 9.10. The summed E-state index contributed by atoms with van der Waals surface area (Å²) >= 11 is 2.49. The smallest absolute Gasteiger partial charge is 0.231 e. The summed E-state index contributed by atoms with van der Waals surface area (Å²) in [6.07, 6.45) is -7.86. The molecule has 2 nitrogen and oxygen atoms in total. The predicted octanol–water partition coefficient (Wildman–Crippen LogP) is 3.67. The van der Waals surface area contributed by atoms with Gasteiger partial charge in [-0.05, 0) is 22.0 Å². The highest BCUT2D eigenvalue weighted by atomic mass is 79.9. The van der Waals surface area contributed by atoms with E-state index in [-0.39, 0.29) is 0 Å². The van der Waals surface area contributed by atoms with Crippen LogP contribution < -0.4 is 0 Å². The second-order valence-corrected chi connectivity index (χ2v) is 3.52. The summed E-state index contributed by atoms with van der Waals surface area (Å²) in [5, 5.41) is 8.42. The topological polar surface area (TPSA) is 36.7 Å². The van der Waals surface area contributed by atoms with E-state index in [4.69, 9.17) is 5.26 Å². The summed E-state index contributed by atoms with van der Waals surface area (Å²) < 4.78 is 61.0. The molecule has 1 heterocycles. The van der Waals surface area contributed by atoms with Crippen LogP contribution in [0.3, 0.4) is 0 Å². The number of pyridine rings is 1. The zero-order chi connectivity index (χ0) is 12.5. The van der Waals surface area contributed by atoms with Gasteiger partial charge in [-0.1, -0.05) is 0 Å². The minimum absolute atomic E-state index is 0.555. The second kappa shape index (κ2) is 4.33. The van der Waals surface area contributed by atoms with E-state index in [1.165, 1.54) is 6.07 Å². The summed E-state index contributed by atoms with van der Waals surface area (Å²) in [5.41, 5.74) is -3.15. The van der Waals surface area contributed by atoms with E-state index in [2.05, 4.69) is 20.9 Å². The van der Waals surface area contributed by atoms with Gasteiger partial charge in [0, 0.05) is 4.47 Å². The highest BCUT2D eigenvalue weighted by Gasteiger charge is 2.36. The number of alkyl halides is 5. The molecule has 1 rings (SSSR count). The van der Waals surface area contributed by atoms with Gasteiger partial charge in [0.25, 0.3) is 6.43 Å². The molecule has 0 saturated carbocycles. The summed E-state index contributed by atoms with van der Waals surface area (Å²) in [5.74, 6) is 0. The molecule has 0 unspecified atom stereocenters. The van der Waals surface area contributed by atoms with Crippen LogP contribution in [0, 0.1) is 11.3 Å². The molecule has 0 N–H and O–H groups in total. The first kappa shape index (κ1) is 12.8. The molecule has 0 fully saturated rings. The Morgan fingerprint density at radius 2 is 1.94 bits per heavy atom. The van der Waals surface area contributed by atoms with E-state index in [1.807, 2.05) is 0 Å². The van der Waals surface area contributed by atoms with Gasteiger partial charge in [0.15, 0.2) is 5.69 Å². The molecule has 1 aromatic heterocycles. The minimum Gasteiger partial charge on any atom is -0.231 e. The van der Waals surface area contributed by atoms with Crippen LogP contribution >= 0.6 is 15.9 Å². The van der Waals surface area contributed by atoms with Crippen LogP contribution in [0.4, 0.5) is 22.0 Å². The fourth-order valence-corrected chi connectivity index (χ4v) is 1.52. The van der Waals surface area contributed by atoms with Gasteiger partial charge in [0.1, 0.15) is 11.8 Å². The van der Waals surface area contributed by atoms with Crippen molar-refractivity contribution in [2.24, 2.45) is 0 Å².